The van der Waals surface area contributed by atoms with Crippen LogP contribution in [0, 0.1) is 11.8 Å². The minimum atomic E-state index is -1.30. The fourth-order valence-corrected chi connectivity index (χ4v) is 3.45. The molecule has 3 aromatic rings. The zero-order valence-corrected chi connectivity index (χ0v) is 21.5. The first-order valence-electron chi connectivity index (χ1n) is 12.1. The van der Waals surface area contributed by atoms with Gasteiger partial charge in [-0.15, -0.1) is 0 Å². The molecule has 0 spiro atoms. The number of benzene rings is 3. The lowest BCUT2D eigenvalue weighted by Crippen LogP contribution is -2.51. The monoisotopic (exact) mass is 530 g/mol. The molecule has 3 aromatic carbocycles. The van der Waals surface area contributed by atoms with E-state index in [2.05, 4.69) is 27.8 Å². The van der Waals surface area contributed by atoms with Gasteiger partial charge < -0.3 is 25.8 Å². The Hall–Kier alpha value is -4.69. The summed E-state index contributed by atoms with van der Waals surface area (Å²) < 4.78 is 5.13. The molecule has 2 atom stereocenters. The molecule has 10 heteroatoms. The van der Waals surface area contributed by atoms with E-state index in [1.807, 2.05) is 24.3 Å². The smallest absolute Gasteiger partial charge is 0.268 e. The Bertz CT molecular complexity index is 1330. The SMILES string of the molecule is COc1ccc(CNCC(=O)Nc2ccc(C#Cc3ccc(C(=O)N[C@H](C(=O)NO)[C@@H](C)O)cc3)cc2)cc1. The van der Waals surface area contributed by atoms with Gasteiger partial charge in [-0.1, -0.05) is 24.0 Å². The summed E-state index contributed by atoms with van der Waals surface area (Å²) in [6, 6.07) is 19.8. The second-order valence-electron chi connectivity index (χ2n) is 8.57. The van der Waals surface area contributed by atoms with E-state index in [0.717, 1.165) is 16.9 Å². The van der Waals surface area contributed by atoms with Gasteiger partial charge in [-0.3, -0.25) is 19.6 Å². The number of aliphatic hydroxyl groups excluding tert-OH is 1. The number of ether oxygens (including phenoxy) is 1. The molecule has 202 valence electrons. The van der Waals surface area contributed by atoms with Crippen LogP contribution < -0.4 is 26.2 Å². The predicted octanol–water partition coefficient (Wildman–Crippen LogP) is 1.81. The quantitative estimate of drug-likeness (QED) is 0.133. The molecule has 6 N–H and O–H groups in total. The van der Waals surface area contributed by atoms with Crippen LogP contribution in [0.5, 0.6) is 5.75 Å². The van der Waals surface area contributed by atoms with E-state index in [0.29, 0.717) is 17.8 Å². The van der Waals surface area contributed by atoms with Crippen molar-refractivity contribution < 1.29 is 29.4 Å². The van der Waals surface area contributed by atoms with Crippen LogP contribution >= 0.6 is 0 Å². The van der Waals surface area contributed by atoms with Crippen molar-refractivity contribution in [2.24, 2.45) is 0 Å². The minimum Gasteiger partial charge on any atom is -0.497 e. The number of rotatable bonds is 10. The molecule has 0 aromatic heterocycles. The minimum absolute atomic E-state index is 0.163. The summed E-state index contributed by atoms with van der Waals surface area (Å²) in [5.74, 6) is 5.13. The van der Waals surface area contributed by atoms with E-state index in [-0.39, 0.29) is 18.0 Å². The van der Waals surface area contributed by atoms with Gasteiger partial charge in [-0.2, -0.15) is 0 Å². The zero-order valence-electron chi connectivity index (χ0n) is 21.5. The van der Waals surface area contributed by atoms with Crippen molar-refractivity contribution in [3.8, 4) is 17.6 Å². The van der Waals surface area contributed by atoms with Crippen LogP contribution in [0.4, 0.5) is 5.69 Å². The Morgan fingerprint density at radius 2 is 1.49 bits per heavy atom. The summed E-state index contributed by atoms with van der Waals surface area (Å²) in [6.07, 6.45) is -1.20. The number of carbonyl (C=O) groups excluding carboxylic acids is 3. The molecule has 39 heavy (non-hydrogen) atoms. The van der Waals surface area contributed by atoms with Crippen molar-refractivity contribution in [2.45, 2.75) is 25.6 Å². The number of hydroxylamine groups is 1. The van der Waals surface area contributed by atoms with Crippen molar-refractivity contribution in [1.82, 2.24) is 16.1 Å². The lowest BCUT2D eigenvalue weighted by atomic mass is 10.1. The van der Waals surface area contributed by atoms with E-state index in [4.69, 9.17) is 9.94 Å². The Morgan fingerprint density at radius 3 is 2.03 bits per heavy atom. The molecule has 0 aliphatic carbocycles. The molecule has 0 fully saturated rings. The Balaban J connectivity index is 1.49. The molecule has 0 heterocycles. The highest BCUT2D eigenvalue weighted by atomic mass is 16.5. The summed E-state index contributed by atoms with van der Waals surface area (Å²) in [5.41, 5.74) is 4.77. The maximum atomic E-state index is 12.4. The van der Waals surface area contributed by atoms with Crippen molar-refractivity contribution >= 4 is 23.4 Å². The van der Waals surface area contributed by atoms with Gasteiger partial charge in [0.25, 0.3) is 11.8 Å². The van der Waals surface area contributed by atoms with Gasteiger partial charge in [0.2, 0.25) is 5.91 Å². The van der Waals surface area contributed by atoms with Gasteiger partial charge in [0.1, 0.15) is 11.8 Å². The molecule has 0 saturated heterocycles. The number of anilines is 1. The van der Waals surface area contributed by atoms with Crippen molar-refractivity contribution in [3.05, 3.63) is 95.1 Å². The van der Waals surface area contributed by atoms with Crippen LogP contribution in [0.1, 0.15) is 34.0 Å². The van der Waals surface area contributed by atoms with Gasteiger partial charge in [0.15, 0.2) is 0 Å². The van der Waals surface area contributed by atoms with Gasteiger partial charge in [0.05, 0.1) is 19.8 Å². The normalized spacial score (nSPS) is 11.8. The third-order valence-electron chi connectivity index (χ3n) is 5.60. The summed E-state index contributed by atoms with van der Waals surface area (Å²) >= 11 is 0. The molecule has 0 aliphatic rings. The van der Waals surface area contributed by atoms with Crippen LogP contribution in [0.3, 0.4) is 0 Å². The van der Waals surface area contributed by atoms with Crippen LogP contribution in [0.2, 0.25) is 0 Å². The Labute approximate surface area is 226 Å². The highest BCUT2D eigenvalue weighted by molar-refractivity contribution is 5.97. The van der Waals surface area contributed by atoms with E-state index in [9.17, 15) is 19.5 Å². The first-order chi connectivity index (χ1) is 18.8. The van der Waals surface area contributed by atoms with Crippen LogP contribution in [-0.2, 0) is 16.1 Å². The third-order valence-corrected chi connectivity index (χ3v) is 5.60. The van der Waals surface area contributed by atoms with Crippen LogP contribution in [0.25, 0.3) is 0 Å². The molecule has 10 nitrogen and oxygen atoms in total. The summed E-state index contributed by atoms with van der Waals surface area (Å²) in [7, 11) is 1.61. The zero-order chi connectivity index (χ0) is 28.2. The van der Waals surface area contributed by atoms with Crippen LogP contribution in [-0.4, -0.2) is 53.8 Å². The van der Waals surface area contributed by atoms with Gasteiger partial charge in [-0.05, 0) is 73.2 Å². The summed E-state index contributed by atoms with van der Waals surface area (Å²) in [6.45, 7) is 2.04. The van der Waals surface area contributed by atoms with Crippen molar-refractivity contribution in [3.63, 3.8) is 0 Å². The standard InChI is InChI=1S/C29H30N4O6/c1-19(34)27(29(37)33-38)32-28(36)23-11-5-20(6-12-23)3-4-21-7-13-24(14-8-21)31-26(35)18-30-17-22-9-15-25(39-2)16-10-22/h5-16,19,27,30,34,38H,17-18H2,1-2H3,(H,31,35)(H,32,36)(H,33,37)/t19-,27+/m1/s1. The highest BCUT2D eigenvalue weighted by Gasteiger charge is 2.25. The fourth-order valence-electron chi connectivity index (χ4n) is 3.45. The fraction of sp³-hybridized carbons (Fsp3) is 0.207. The molecule has 3 amide bonds. The number of hydrogen-bond acceptors (Lipinski definition) is 7. The predicted molar refractivity (Wildman–Crippen MR) is 145 cm³/mol. The number of methoxy groups -OCH3 is 1. The summed E-state index contributed by atoms with van der Waals surface area (Å²) in [4.78, 5) is 36.2. The average Bonchev–Trinajstić information content (AvgIpc) is 2.95. The third kappa shape index (κ3) is 8.98. The highest BCUT2D eigenvalue weighted by Crippen LogP contribution is 2.12. The lowest BCUT2D eigenvalue weighted by Gasteiger charge is -2.19. The molecule has 3 rings (SSSR count). The van der Waals surface area contributed by atoms with Crippen LogP contribution in [0.15, 0.2) is 72.8 Å². The Kier molecular flexibility index (Phi) is 10.6. The van der Waals surface area contributed by atoms with Crippen molar-refractivity contribution in [2.75, 3.05) is 19.0 Å². The van der Waals surface area contributed by atoms with Gasteiger partial charge >= 0.3 is 0 Å². The number of hydrogen-bond donors (Lipinski definition) is 6. The second-order valence-corrected chi connectivity index (χ2v) is 8.57. The average molecular weight is 531 g/mol. The number of carbonyl (C=O) groups is 3. The molecule has 0 radical (unpaired) electrons. The number of amides is 3. The Morgan fingerprint density at radius 1 is 0.897 bits per heavy atom. The molecule has 0 unspecified atom stereocenters. The lowest BCUT2D eigenvalue weighted by molar-refractivity contribution is -0.133. The number of nitrogens with one attached hydrogen (secondary N) is 4. The topological polar surface area (TPSA) is 149 Å². The molecule has 0 aliphatic heterocycles. The maximum Gasteiger partial charge on any atom is 0.268 e. The molecule has 0 saturated carbocycles. The van der Waals surface area contributed by atoms with E-state index in [1.54, 1.807) is 43.5 Å². The summed E-state index contributed by atoms with van der Waals surface area (Å²) in [5, 5.41) is 26.7. The number of aliphatic hydroxyl groups is 1. The van der Waals surface area contributed by atoms with Gasteiger partial charge in [-0.25, -0.2) is 5.48 Å². The van der Waals surface area contributed by atoms with E-state index < -0.39 is 24.0 Å². The molecular formula is C29H30N4O6. The van der Waals surface area contributed by atoms with E-state index >= 15 is 0 Å². The molecular weight excluding hydrogens is 500 g/mol. The second kappa shape index (κ2) is 14.3. The first-order valence-corrected chi connectivity index (χ1v) is 12.1. The van der Waals surface area contributed by atoms with Gasteiger partial charge in [0, 0.05) is 28.9 Å². The van der Waals surface area contributed by atoms with E-state index in [1.165, 1.54) is 24.5 Å². The molecule has 0 bridgehead atoms. The largest absolute Gasteiger partial charge is 0.497 e. The first kappa shape index (κ1) is 28.9. The maximum absolute atomic E-state index is 12.4. The van der Waals surface area contributed by atoms with Crippen molar-refractivity contribution in [1.29, 1.82) is 0 Å².